The summed E-state index contributed by atoms with van der Waals surface area (Å²) in [5.41, 5.74) is 0.0906. The third-order valence-corrected chi connectivity index (χ3v) is 2.61. The summed E-state index contributed by atoms with van der Waals surface area (Å²) in [4.78, 5) is 23.5. The van der Waals surface area contributed by atoms with Crippen molar-refractivity contribution in [1.29, 1.82) is 0 Å². The zero-order valence-corrected chi connectivity index (χ0v) is 10.2. The first-order valence-corrected chi connectivity index (χ1v) is 5.64. The third kappa shape index (κ3) is 3.18. The van der Waals surface area contributed by atoms with Gasteiger partial charge in [-0.05, 0) is 12.1 Å². The van der Waals surface area contributed by atoms with Crippen LogP contribution in [0.4, 0.5) is 19.3 Å². The van der Waals surface area contributed by atoms with E-state index in [0.29, 0.717) is 0 Å². The molecular formula is C12H12F2N2O3. The van der Waals surface area contributed by atoms with Gasteiger partial charge in [0.1, 0.15) is 17.7 Å². The Bertz CT molecular complexity index is 501. The molecule has 102 valence electrons. The summed E-state index contributed by atoms with van der Waals surface area (Å²) in [5.74, 6) is -1.78. The molecule has 1 unspecified atom stereocenters. The molecule has 1 aromatic carbocycles. The van der Waals surface area contributed by atoms with Gasteiger partial charge in [0.05, 0.1) is 18.8 Å². The molecule has 1 atom stereocenters. The van der Waals surface area contributed by atoms with Gasteiger partial charge in [-0.3, -0.25) is 9.69 Å². The molecule has 1 aliphatic rings. The maximum atomic E-state index is 13.1. The number of halogens is 2. The van der Waals surface area contributed by atoms with E-state index in [4.69, 9.17) is 4.74 Å². The Hall–Kier alpha value is -2.18. The molecule has 1 N–H and O–H groups in total. The molecule has 1 heterocycles. The number of cyclic esters (lactones) is 1. The van der Waals surface area contributed by atoms with E-state index in [9.17, 15) is 18.4 Å². The van der Waals surface area contributed by atoms with Gasteiger partial charge in [0.15, 0.2) is 0 Å². The van der Waals surface area contributed by atoms with Crippen molar-refractivity contribution in [2.24, 2.45) is 0 Å². The summed E-state index contributed by atoms with van der Waals surface area (Å²) in [5, 5.41) is 2.51. The van der Waals surface area contributed by atoms with Gasteiger partial charge in [-0.1, -0.05) is 0 Å². The van der Waals surface area contributed by atoms with Gasteiger partial charge in [0.2, 0.25) is 5.91 Å². The Morgan fingerprint density at radius 1 is 1.42 bits per heavy atom. The number of nitrogens with zero attached hydrogens (tertiary/aromatic N) is 1. The Kier molecular flexibility index (Phi) is 3.64. The molecule has 0 spiro atoms. The number of nitrogens with one attached hydrogen (secondary N) is 1. The van der Waals surface area contributed by atoms with Crippen molar-refractivity contribution in [3.05, 3.63) is 29.8 Å². The maximum Gasteiger partial charge on any atom is 0.414 e. The molecule has 2 rings (SSSR count). The van der Waals surface area contributed by atoms with Crippen LogP contribution in [0.15, 0.2) is 18.2 Å². The van der Waals surface area contributed by atoms with Crippen molar-refractivity contribution in [2.75, 3.05) is 18.0 Å². The van der Waals surface area contributed by atoms with Crippen molar-refractivity contribution in [3.63, 3.8) is 0 Å². The fraction of sp³-hybridized carbons (Fsp3) is 0.333. The van der Waals surface area contributed by atoms with Crippen molar-refractivity contribution in [2.45, 2.75) is 13.0 Å². The first-order valence-electron chi connectivity index (χ1n) is 5.64. The minimum Gasteiger partial charge on any atom is -0.442 e. The van der Waals surface area contributed by atoms with E-state index in [1.165, 1.54) is 6.92 Å². The number of anilines is 1. The van der Waals surface area contributed by atoms with Gasteiger partial charge in [-0.25, -0.2) is 13.6 Å². The van der Waals surface area contributed by atoms with E-state index in [2.05, 4.69) is 5.32 Å². The number of benzene rings is 1. The van der Waals surface area contributed by atoms with Crippen molar-refractivity contribution in [1.82, 2.24) is 5.32 Å². The van der Waals surface area contributed by atoms with Crippen molar-refractivity contribution in [3.8, 4) is 0 Å². The zero-order valence-electron chi connectivity index (χ0n) is 10.2. The Morgan fingerprint density at radius 3 is 2.63 bits per heavy atom. The average Bonchev–Trinajstić information content (AvgIpc) is 2.66. The maximum absolute atomic E-state index is 13.1. The number of ether oxygens (including phenoxy) is 1. The fourth-order valence-electron chi connectivity index (χ4n) is 1.79. The van der Waals surface area contributed by atoms with Crippen molar-refractivity contribution < 1.29 is 23.1 Å². The van der Waals surface area contributed by atoms with Crippen LogP contribution in [0.25, 0.3) is 0 Å². The summed E-state index contributed by atoms with van der Waals surface area (Å²) >= 11 is 0. The molecule has 1 aliphatic heterocycles. The number of rotatable bonds is 3. The van der Waals surface area contributed by atoms with Gasteiger partial charge in [0, 0.05) is 13.0 Å². The molecule has 7 heteroatoms. The van der Waals surface area contributed by atoms with Crippen LogP contribution < -0.4 is 10.2 Å². The second-order valence-electron chi connectivity index (χ2n) is 4.18. The number of carbonyl (C=O) groups is 2. The second-order valence-corrected chi connectivity index (χ2v) is 4.18. The number of carbonyl (C=O) groups excluding carboxylic acids is 2. The highest BCUT2D eigenvalue weighted by atomic mass is 19.1. The van der Waals surface area contributed by atoms with Gasteiger partial charge in [-0.2, -0.15) is 0 Å². The molecular weight excluding hydrogens is 258 g/mol. The van der Waals surface area contributed by atoms with Crippen LogP contribution in [-0.4, -0.2) is 31.2 Å². The minimum atomic E-state index is -0.770. The van der Waals surface area contributed by atoms with E-state index in [1.807, 2.05) is 0 Å². The Balaban J connectivity index is 2.09. The van der Waals surface area contributed by atoms with Gasteiger partial charge in [0.25, 0.3) is 0 Å². The summed E-state index contributed by atoms with van der Waals surface area (Å²) in [7, 11) is 0. The highest BCUT2D eigenvalue weighted by molar-refractivity contribution is 5.89. The molecule has 2 amide bonds. The van der Waals surface area contributed by atoms with E-state index >= 15 is 0 Å². The number of hydrogen-bond acceptors (Lipinski definition) is 3. The van der Waals surface area contributed by atoms with E-state index in [0.717, 1.165) is 23.1 Å². The zero-order chi connectivity index (χ0) is 14.0. The van der Waals surface area contributed by atoms with E-state index in [1.54, 1.807) is 0 Å². The molecule has 0 bridgehead atoms. The predicted molar refractivity (Wildman–Crippen MR) is 62.7 cm³/mol. The molecule has 0 aromatic heterocycles. The van der Waals surface area contributed by atoms with E-state index < -0.39 is 23.8 Å². The van der Waals surface area contributed by atoms with Gasteiger partial charge >= 0.3 is 6.09 Å². The van der Waals surface area contributed by atoms with Crippen LogP contribution in [-0.2, 0) is 9.53 Å². The Labute approximate surface area is 108 Å². The largest absolute Gasteiger partial charge is 0.442 e. The lowest BCUT2D eigenvalue weighted by atomic mass is 10.2. The average molecular weight is 270 g/mol. The molecule has 0 radical (unpaired) electrons. The lowest BCUT2D eigenvalue weighted by Gasteiger charge is -2.13. The molecule has 0 saturated carbocycles. The number of amides is 2. The molecule has 0 aliphatic carbocycles. The van der Waals surface area contributed by atoms with E-state index in [-0.39, 0.29) is 24.7 Å². The topological polar surface area (TPSA) is 58.6 Å². The van der Waals surface area contributed by atoms with Crippen LogP contribution in [0, 0.1) is 11.6 Å². The van der Waals surface area contributed by atoms with Crippen LogP contribution in [0.2, 0.25) is 0 Å². The smallest absolute Gasteiger partial charge is 0.414 e. The third-order valence-electron chi connectivity index (χ3n) is 2.61. The Morgan fingerprint density at radius 2 is 2.05 bits per heavy atom. The summed E-state index contributed by atoms with van der Waals surface area (Å²) in [6.45, 7) is 1.63. The molecule has 1 saturated heterocycles. The van der Waals surface area contributed by atoms with Crippen molar-refractivity contribution >= 4 is 17.7 Å². The highest BCUT2D eigenvalue weighted by Gasteiger charge is 2.32. The predicted octanol–water partition coefficient (Wildman–Crippen LogP) is 1.43. The summed E-state index contributed by atoms with van der Waals surface area (Å²) in [6.07, 6.45) is -1.23. The van der Waals surface area contributed by atoms with Crippen LogP contribution in [0.1, 0.15) is 6.92 Å². The SMILES string of the molecule is CC(=O)NCC1CN(c2cc(F)cc(F)c2)C(=O)O1. The van der Waals surface area contributed by atoms with Gasteiger partial charge in [-0.15, -0.1) is 0 Å². The molecule has 5 nitrogen and oxygen atoms in total. The normalized spacial score (nSPS) is 18.4. The summed E-state index contributed by atoms with van der Waals surface area (Å²) in [6, 6.07) is 2.82. The number of hydrogen-bond donors (Lipinski definition) is 1. The monoisotopic (exact) mass is 270 g/mol. The fourth-order valence-corrected chi connectivity index (χ4v) is 1.79. The first kappa shape index (κ1) is 13.3. The second kappa shape index (κ2) is 5.21. The lowest BCUT2D eigenvalue weighted by molar-refractivity contribution is -0.119. The molecule has 1 aromatic rings. The first-order chi connectivity index (χ1) is 8.95. The molecule has 19 heavy (non-hydrogen) atoms. The minimum absolute atomic E-state index is 0.0906. The lowest BCUT2D eigenvalue weighted by Crippen LogP contribution is -2.33. The van der Waals surface area contributed by atoms with Crippen LogP contribution in [0.3, 0.4) is 0 Å². The highest BCUT2D eigenvalue weighted by Crippen LogP contribution is 2.23. The summed E-state index contributed by atoms with van der Waals surface area (Å²) < 4.78 is 31.2. The van der Waals surface area contributed by atoms with Crippen LogP contribution in [0.5, 0.6) is 0 Å². The quantitative estimate of drug-likeness (QED) is 0.903. The van der Waals surface area contributed by atoms with Gasteiger partial charge < -0.3 is 10.1 Å². The van der Waals surface area contributed by atoms with Crippen LogP contribution >= 0.6 is 0 Å². The molecule has 1 fully saturated rings. The standard InChI is InChI=1S/C12H12F2N2O3/c1-7(17)15-5-11-6-16(12(18)19-11)10-3-8(13)2-9(14)4-10/h2-4,11H,5-6H2,1H3,(H,15,17).